The summed E-state index contributed by atoms with van der Waals surface area (Å²) in [5.74, 6) is 1.25. The second kappa shape index (κ2) is 11.2. The fourth-order valence-corrected chi connectivity index (χ4v) is 1.86. The van der Waals surface area contributed by atoms with E-state index in [-0.39, 0.29) is 29.6 Å². The lowest BCUT2D eigenvalue weighted by molar-refractivity contribution is 0.0268. The summed E-state index contributed by atoms with van der Waals surface area (Å²) >= 11 is 12.0. The normalized spacial score (nSPS) is 11.7. The number of nitrogens with zero attached hydrogens (tertiary/aromatic N) is 1. The molecule has 0 atom stereocenters. The van der Waals surface area contributed by atoms with E-state index < -0.39 is 0 Å². The minimum atomic E-state index is -0.261. The topological polar surface area (TPSA) is 54.9 Å². The zero-order chi connectivity index (χ0) is 16.6. The zero-order valence-corrected chi connectivity index (χ0v) is 17.6. The summed E-state index contributed by atoms with van der Waals surface area (Å²) in [5.41, 5.74) is -0.261. The number of guanidine groups is 1. The standard InChI is InChI=1S/C15H23Cl2N3O2.HI/c1-15(2,21-4)10-20-14(18-3)19-8-9-22-12-7-5-6-11(16)13(12)17;/h5-7H,8-10H2,1-4H3,(H2,18,19,20);1H. The number of hydrogen-bond donors (Lipinski definition) is 2. The maximum Gasteiger partial charge on any atom is 0.191 e. The largest absolute Gasteiger partial charge is 0.490 e. The lowest BCUT2D eigenvalue weighted by Gasteiger charge is -2.24. The third-order valence-corrected chi connectivity index (χ3v) is 3.83. The van der Waals surface area contributed by atoms with Gasteiger partial charge in [0.15, 0.2) is 5.96 Å². The summed E-state index contributed by atoms with van der Waals surface area (Å²) in [5, 5.41) is 7.25. The quantitative estimate of drug-likeness (QED) is 0.274. The van der Waals surface area contributed by atoms with Crippen molar-refractivity contribution in [2.45, 2.75) is 19.4 Å². The number of benzene rings is 1. The van der Waals surface area contributed by atoms with Crippen LogP contribution >= 0.6 is 47.2 Å². The highest BCUT2D eigenvalue weighted by molar-refractivity contribution is 14.0. The SMILES string of the molecule is CN=C(NCCOc1cccc(Cl)c1Cl)NCC(C)(C)OC.I. The van der Waals surface area contributed by atoms with Crippen molar-refractivity contribution in [1.82, 2.24) is 10.6 Å². The van der Waals surface area contributed by atoms with E-state index in [2.05, 4.69) is 15.6 Å². The molecule has 0 bridgehead atoms. The van der Waals surface area contributed by atoms with Crippen molar-refractivity contribution in [3.63, 3.8) is 0 Å². The van der Waals surface area contributed by atoms with Gasteiger partial charge in [-0.1, -0.05) is 29.3 Å². The van der Waals surface area contributed by atoms with Crippen LogP contribution in [0, 0.1) is 0 Å². The molecule has 0 aliphatic heterocycles. The van der Waals surface area contributed by atoms with Crippen LogP contribution in [0.5, 0.6) is 5.75 Å². The number of aliphatic imine (C=N–C) groups is 1. The smallest absolute Gasteiger partial charge is 0.191 e. The molecule has 0 aliphatic rings. The van der Waals surface area contributed by atoms with Gasteiger partial charge in [0.2, 0.25) is 0 Å². The van der Waals surface area contributed by atoms with E-state index in [4.69, 9.17) is 32.7 Å². The lowest BCUT2D eigenvalue weighted by atomic mass is 10.1. The van der Waals surface area contributed by atoms with Gasteiger partial charge in [-0.3, -0.25) is 4.99 Å². The predicted molar refractivity (Wildman–Crippen MR) is 108 cm³/mol. The van der Waals surface area contributed by atoms with Gasteiger partial charge in [0.05, 0.1) is 17.2 Å². The highest BCUT2D eigenvalue weighted by Crippen LogP contribution is 2.31. The average molecular weight is 476 g/mol. The predicted octanol–water partition coefficient (Wildman–Crippen LogP) is 3.58. The van der Waals surface area contributed by atoms with Crippen molar-refractivity contribution >= 4 is 53.1 Å². The van der Waals surface area contributed by atoms with E-state index >= 15 is 0 Å². The van der Waals surface area contributed by atoms with Gasteiger partial charge in [-0.15, -0.1) is 24.0 Å². The minimum Gasteiger partial charge on any atom is -0.490 e. The maximum absolute atomic E-state index is 6.05. The second-order valence-corrected chi connectivity index (χ2v) is 6.00. The Morgan fingerprint density at radius 1 is 1.26 bits per heavy atom. The molecule has 132 valence electrons. The van der Waals surface area contributed by atoms with Gasteiger partial charge in [-0.05, 0) is 26.0 Å². The number of halogens is 3. The molecule has 1 aromatic rings. The molecule has 0 heterocycles. The van der Waals surface area contributed by atoms with E-state index in [1.165, 1.54) is 0 Å². The number of hydrogen-bond acceptors (Lipinski definition) is 3. The molecule has 0 spiro atoms. The summed E-state index contributed by atoms with van der Waals surface area (Å²) in [6, 6.07) is 5.30. The summed E-state index contributed by atoms with van der Waals surface area (Å²) in [6.45, 7) is 5.66. The van der Waals surface area contributed by atoms with Crippen molar-refractivity contribution in [2.24, 2.45) is 4.99 Å². The van der Waals surface area contributed by atoms with Crippen molar-refractivity contribution in [2.75, 3.05) is 33.9 Å². The van der Waals surface area contributed by atoms with Gasteiger partial charge < -0.3 is 20.1 Å². The van der Waals surface area contributed by atoms with Crippen LogP contribution in [-0.4, -0.2) is 45.4 Å². The van der Waals surface area contributed by atoms with Gasteiger partial charge in [0, 0.05) is 20.7 Å². The Bertz CT molecular complexity index is 513. The number of nitrogens with one attached hydrogen (secondary N) is 2. The molecule has 0 saturated heterocycles. The zero-order valence-electron chi connectivity index (χ0n) is 13.8. The Balaban J connectivity index is 0.00000484. The first-order valence-corrected chi connectivity index (χ1v) is 7.71. The number of ether oxygens (including phenoxy) is 2. The molecule has 1 rings (SSSR count). The van der Waals surface area contributed by atoms with Crippen LogP contribution in [0.2, 0.25) is 10.0 Å². The molecule has 0 aromatic heterocycles. The monoisotopic (exact) mass is 475 g/mol. The summed E-state index contributed by atoms with van der Waals surface area (Å²) in [7, 11) is 3.39. The Labute approximate surface area is 165 Å². The average Bonchev–Trinajstić information content (AvgIpc) is 2.50. The molecule has 0 saturated carbocycles. The van der Waals surface area contributed by atoms with Crippen LogP contribution in [-0.2, 0) is 4.74 Å². The highest BCUT2D eigenvalue weighted by Gasteiger charge is 2.16. The van der Waals surface area contributed by atoms with Crippen LogP contribution in [0.1, 0.15) is 13.8 Å². The van der Waals surface area contributed by atoms with Gasteiger partial charge in [-0.2, -0.15) is 0 Å². The fourth-order valence-electron chi connectivity index (χ4n) is 1.52. The summed E-state index contributed by atoms with van der Waals surface area (Å²) in [4.78, 5) is 4.14. The van der Waals surface area contributed by atoms with Crippen LogP contribution < -0.4 is 15.4 Å². The first-order valence-electron chi connectivity index (χ1n) is 6.96. The molecule has 23 heavy (non-hydrogen) atoms. The molecule has 0 amide bonds. The van der Waals surface area contributed by atoms with E-state index in [1.807, 2.05) is 13.8 Å². The first-order chi connectivity index (χ1) is 10.4. The van der Waals surface area contributed by atoms with Gasteiger partial charge in [0.25, 0.3) is 0 Å². The second-order valence-electron chi connectivity index (χ2n) is 5.22. The Kier molecular flexibility index (Phi) is 11.0. The van der Waals surface area contributed by atoms with Crippen molar-refractivity contribution in [1.29, 1.82) is 0 Å². The van der Waals surface area contributed by atoms with Crippen molar-refractivity contribution in [3.8, 4) is 5.75 Å². The lowest BCUT2D eigenvalue weighted by Crippen LogP contribution is -2.46. The van der Waals surface area contributed by atoms with Crippen molar-refractivity contribution in [3.05, 3.63) is 28.2 Å². The van der Waals surface area contributed by atoms with Crippen LogP contribution in [0.3, 0.4) is 0 Å². The molecule has 0 fully saturated rings. The number of methoxy groups -OCH3 is 1. The molecular formula is C15H24Cl2IN3O2. The van der Waals surface area contributed by atoms with E-state index in [9.17, 15) is 0 Å². The molecule has 1 aromatic carbocycles. The molecular weight excluding hydrogens is 452 g/mol. The summed E-state index contributed by atoms with van der Waals surface area (Å²) < 4.78 is 10.9. The third-order valence-electron chi connectivity index (χ3n) is 3.03. The molecule has 8 heteroatoms. The molecule has 5 nitrogen and oxygen atoms in total. The Hall–Kier alpha value is -0.440. The van der Waals surface area contributed by atoms with Crippen LogP contribution in [0.15, 0.2) is 23.2 Å². The molecule has 2 N–H and O–H groups in total. The fraction of sp³-hybridized carbons (Fsp3) is 0.533. The molecule has 0 aliphatic carbocycles. The van der Waals surface area contributed by atoms with E-state index in [0.29, 0.717) is 41.5 Å². The van der Waals surface area contributed by atoms with Crippen molar-refractivity contribution < 1.29 is 9.47 Å². The maximum atomic E-state index is 6.05. The minimum absolute atomic E-state index is 0. The Morgan fingerprint density at radius 3 is 2.57 bits per heavy atom. The highest BCUT2D eigenvalue weighted by atomic mass is 127. The van der Waals surface area contributed by atoms with Crippen LogP contribution in [0.4, 0.5) is 0 Å². The van der Waals surface area contributed by atoms with Gasteiger partial charge >= 0.3 is 0 Å². The summed E-state index contributed by atoms with van der Waals surface area (Å²) in [6.07, 6.45) is 0. The number of rotatable bonds is 7. The van der Waals surface area contributed by atoms with Crippen LogP contribution in [0.25, 0.3) is 0 Å². The van der Waals surface area contributed by atoms with E-state index in [0.717, 1.165) is 0 Å². The first kappa shape index (κ1) is 22.6. The van der Waals surface area contributed by atoms with Gasteiger partial charge in [-0.25, -0.2) is 0 Å². The van der Waals surface area contributed by atoms with E-state index in [1.54, 1.807) is 32.4 Å². The Morgan fingerprint density at radius 2 is 1.96 bits per heavy atom. The molecule has 0 unspecified atom stereocenters. The van der Waals surface area contributed by atoms with Gasteiger partial charge in [0.1, 0.15) is 17.4 Å². The molecule has 0 radical (unpaired) electrons. The third kappa shape index (κ3) is 8.28.